The molecule has 0 spiro atoms. The Morgan fingerprint density at radius 3 is 1.41 bits per heavy atom. The van der Waals surface area contributed by atoms with E-state index in [9.17, 15) is 0 Å². The van der Waals surface area contributed by atoms with E-state index in [-0.39, 0.29) is 12.4 Å². The van der Waals surface area contributed by atoms with Crippen LogP contribution in [-0.2, 0) is 0 Å². The standard InChI is InChI=1S/C27H50N.ClH/c1-5-8-9-10-11-12-13-14-15-16-17-18-19-22-25-28(6-2,7-3)27-24-21-20-23-26(27)4;/h20-21,23-24H,5-19,22,25H2,1-4H3;1H/q+1;/p-1. The van der Waals surface area contributed by atoms with E-state index >= 15 is 0 Å². The van der Waals surface area contributed by atoms with E-state index in [0.29, 0.717) is 0 Å². The van der Waals surface area contributed by atoms with Gasteiger partial charge in [-0.1, -0.05) is 102 Å². The summed E-state index contributed by atoms with van der Waals surface area (Å²) in [5.41, 5.74) is 3.00. The molecule has 0 aliphatic carbocycles. The summed E-state index contributed by atoms with van der Waals surface area (Å²) < 4.78 is 1.16. The third-order valence-corrected chi connectivity index (χ3v) is 6.78. The summed E-state index contributed by atoms with van der Waals surface area (Å²) in [4.78, 5) is 0. The van der Waals surface area contributed by atoms with Crippen LogP contribution in [0.4, 0.5) is 5.69 Å². The zero-order valence-electron chi connectivity index (χ0n) is 20.2. The van der Waals surface area contributed by atoms with Gasteiger partial charge in [-0.2, -0.15) is 0 Å². The molecule has 0 fully saturated rings. The van der Waals surface area contributed by atoms with Gasteiger partial charge in [-0.3, -0.25) is 4.48 Å². The lowest BCUT2D eigenvalue weighted by atomic mass is 10.0. The zero-order chi connectivity index (χ0) is 20.5. The number of hydrogen-bond acceptors (Lipinski definition) is 0. The molecule has 0 bridgehead atoms. The zero-order valence-corrected chi connectivity index (χ0v) is 20.9. The minimum Gasteiger partial charge on any atom is -1.00 e. The second-order valence-electron chi connectivity index (χ2n) is 8.88. The fraction of sp³-hybridized carbons (Fsp3) is 0.778. The monoisotopic (exact) mass is 423 g/mol. The van der Waals surface area contributed by atoms with Crippen molar-refractivity contribution in [1.82, 2.24) is 4.48 Å². The minimum atomic E-state index is 0. The van der Waals surface area contributed by atoms with Gasteiger partial charge < -0.3 is 12.4 Å². The van der Waals surface area contributed by atoms with Crippen LogP contribution in [0.5, 0.6) is 0 Å². The van der Waals surface area contributed by atoms with Gasteiger partial charge in [0.1, 0.15) is 5.69 Å². The summed E-state index contributed by atoms with van der Waals surface area (Å²) in [6.07, 6.45) is 20.1. The molecule has 2 heteroatoms. The summed E-state index contributed by atoms with van der Waals surface area (Å²) in [7, 11) is 0. The van der Waals surface area contributed by atoms with Crippen molar-refractivity contribution in [3.05, 3.63) is 29.8 Å². The molecule has 0 aliphatic heterocycles. The molecule has 1 aromatic carbocycles. The molecule has 29 heavy (non-hydrogen) atoms. The number of halogens is 1. The Hall–Kier alpha value is -0.530. The topological polar surface area (TPSA) is 0 Å². The fourth-order valence-corrected chi connectivity index (χ4v) is 4.71. The lowest BCUT2D eigenvalue weighted by Gasteiger charge is -2.37. The number of hydrogen-bond donors (Lipinski definition) is 0. The van der Waals surface area contributed by atoms with Gasteiger partial charge in [0, 0.05) is 5.56 Å². The van der Waals surface area contributed by atoms with Gasteiger partial charge in [-0.05, 0) is 39.7 Å². The summed E-state index contributed by atoms with van der Waals surface area (Å²) >= 11 is 0. The summed E-state index contributed by atoms with van der Waals surface area (Å²) in [6.45, 7) is 13.0. The highest BCUT2D eigenvalue weighted by Crippen LogP contribution is 2.28. The van der Waals surface area contributed by atoms with E-state index in [1.807, 2.05) is 0 Å². The van der Waals surface area contributed by atoms with Crippen molar-refractivity contribution in [1.29, 1.82) is 0 Å². The number of nitrogens with zero attached hydrogens (tertiary/aromatic N) is 1. The predicted octanol–water partition coefficient (Wildman–Crippen LogP) is 5.83. The van der Waals surface area contributed by atoms with E-state index in [4.69, 9.17) is 0 Å². The van der Waals surface area contributed by atoms with Crippen LogP contribution in [0.25, 0.3) is 0 Å². The van der Waals surface area contributed by atoms with Crippen molar-refractivity contribution in [3.63, 3.8) is 0 Å². The van der Waals surface area contributed by atoms with Crippen molar-refractivity contribution in [2.24, 2.45) is 0 Å². The second kappa shape index (κ2) is 18.3. The van der Waals surface area contributed by atoms with Crippen LogP contribution >= 0.6 is 0 Å². The average Bonchev–Trinajstić information content (AvgIpc) is 2.72. The highest BCUT2D eigenvalue weighted by molar-refractivity contribution is 5.49. The predicted molar refractivity (Wildman–Crippen MR) is 129 cm³/mol. The van der Waals surface area contributed by atoms with Gasteiger partial charge in [-0.15, -0.1) is 0 Å². The number of benzene rings is 1. The van der Waals surface area contributed by atoms with Crippen LogP contribution in [0.1, 0.15) is 116 Å². The summed E-state index contributed by atoms with van der Waals surface area (Å²) in [6, 6.07) is 9.02. The van der Waals surface area contributed by atoms with Crippen molar-refractivity contribution >= 4 is 5.69 Å². The highest BCUT2D eigenvalue weighted by atomic mass is 35.5. The molecule has 1 nitrogen and oxygen atoms in total. The Balaban J connectivity index is 0.00000784. The van der Waals surface area contributed by atoms with Crippen LogP contribution in [0, 0.1) is 6.92 Å². The Bertz CT molecular complexity index is 481. The Morgan fingerprint density at radius 1 is 0.586 bits per heavy atom. The molecular formula is C27H50ClN. The molecule has 0 aliphatic rings. The first-order chi connectivity index (χ1) is 13.7. The van der Waals surface area contributed by atoms with E-state index < -0.39 is 0 Å². The minimum absolute atomic E-state index is 0. The quantitative estimate of drug-likeness (QED) is 0.206. The van der Waals surface area contributed by atoms with Crippen molar-refractivity contribution < 1.29 is 12.4 Å². The normalized spacial score (nSPS) is 11.4. The lowest BCUT2D eigenvalue weighted by Crippen LogP contribution is -3.00. The molecular weight excluding hydrogens is 374 g/mol. The molecule has 1 aromatic rings. The average molecular weight is 424 g/mol. The van der Waals surface area contributed by atoms with E-state index in [1.165, 1.54) is 115 Å². The van der Waals surface area contributed by atoms with Crippen LogP contribution in [-0.4, -0.2) is 19.6 Å². The second-order valence-corrected chi connectivity index (χ2v) is 8.88. The summed E-state index contributed by atoms with van der Waals surface area (Å²) in [5, 5.41) is 0. The van der Waals surface area contributed by atoms with Gasteiger partial charge in [-0.25, -0.2) is 0 Å². The Labute approximate surface area is 189 Å². The Kier molecular flexibility index (Phi) is 17.9. The molecule has 170 valence electrons. The maximum absolute atomic E-state index is 2.36. The fourth-order valence-electron chi connectivity index (χ4n) is 4.71. The number of quaternary nitrogens is 1. The smallest absolute Gasteiger partial charge is 0.135 e. The van der Waals surface area contributed by atoms with Crippen LogP contribution in [0.3, 0.4) is 0 Å². The first-order valence-corrected chi connectivity index (χ1v) is 12.6. The first-order valence-electron chi connectivity index (χ1n) is 12.6. The van der Waals surface area contributed by atoms with Crippen molar-refractivity contribution in [2.75, 3.05) is 19.6 Å². The van der Waals surface area contributed by atoms with Gasteiger partial charge in [0.25, 0.3) is 0 Å². The van der Waals surface area contributed by atoms with Crippen molar-refractivity contribution in [3.8, 4) is 0 Å². The third-order valence-electron chi connectivity index (χ3n) is 6.78. The Morgan fingerprint density at radius 2 is 1.00 bits per heavy atom. The molecule has 0 radical (unpaired) electrons. The largest absolute Gasteiger partial charge is 1.00 e. The molecule has 0 amide bonds. The molecule has 0 saturated carbocycles. The van der Waals surface area contributed by atoms with E-state index in [1.54, 1.807) is 5.69 Å². The molecule has 1 rings (SSSR count). The van der Waals surface area contributed by atoms with Gasteiger partial charge in [0.05, 0.1) is 19.6 Å². The van der Waals surface area contributed by atoms with Crippen molar-refractivity contribution in [2.45, 2.75) is 118 Å². The molecule has 0 N–H and O–H groups in total. The maximum atomic E-state index is 2.36. The SMILES string of the molecule is CCCCCCCCCCCCCCCC[N+](CC)(CC)c1ccccc1C.[Cl-]. The first kappa shape index (κ1) is 28.5. The molecule has 0 unspecified atom stereocenters. The number of rotatable bonds is 18. The highest BCUT2D eigenvalue weighted by Gasteiger charge is 2.27. The van der Waals surface area contributed by atoms with E-state index in [0.717, 1.165) is 4.48 Å². The van der Waals surface area contributed by atoms with Gasteiger partial charge in [0.2, 0.25) is 0 Å². The van der Waals surface area contributed by atoms with Crippen LogP contribution in [0.2, 0.25) is 0 Å². The number of unbranched alkanes of at least 4 members (excludes halogenated alkanes) is 13. The molecule has 0 aromatic heterocycles. The molecule has 0 saturated heterocycles. The molecule has 0 heterocycles. The third kappa shape index (κ3) is 11.4. The van der Waals surface area contributed by atoms with Gasteiger partial charge >= 0.3 is 0 Å². The maximum Gasteiger partial charge on any atom is 0.135 e. The molecule has 0 atom stereocenters. The van der Waals surface area contributed by atoms with E-state index in [2.05, 4.69) is 52.0 Å². The van der Waals surface area contributed by atoms with Crippen LogP contribution < -0.4 is 16.9 Å². The summed E-state index contributed by atoms with van der Waals surface area (Å²) in [5.74, 6) is 0. The lowest BCUT2D eigenvalue weighted by molar-refractivity contribution is -0.00000622. The van der Waals surface area contributed by atoms with Gasteiger partial charge in [0.15, 0.2) is 0 Å². The number of aryl methyl sites for hydroxylation is 1. The number of para-hydroxylation sites is 1. The van der Waals surface area contributed by atoms with Crippen LogP contribution in [0.15, 0.2) is 24.3 Å².